The molecule has 0 bridgehead atoms. The summed E-state index contributed by atoms with van der Waals surface area (Å²) in [6.45, 7) is 0. The van der Waals surface area contributed by atoms with Crippen LogP contribution >= 0.6 is 0 Å². The zero-order valence-corrected chi connectivity index (χ0v) is 38.3. The molecule has 0 spiro atoms. The van der Waals surface area contributed by atoms with Crippen LogP contribution in [0.2, 0.25) is 0 Å². The number of nitrogens with zero attached hydrogens (tertiary/aromatic N) is 6. The molecule has 0 aliphatic heterocycles. The number of aromatic nitrogens is 6. The van der Waals surface area contributed by atoms with E-state index >= 15 is 0 Å². The largest absolute Gasteiger partial charge is 0.308 e. The van der Waals surface area contributed by atoms with Crippen molar-refractivity contribution < 1.29 is 0 Å². The number of fused-ring (bicyclic) bond motifs is 13. The lowest BCUT2D eigenvalue weighted by Crippen LogP contribution is -2.08. The lowest BCUT2D eigenvalue weighted by molar-refractivity contribution is 0.950. The van der Waals surface area contributed by atoms with Crippen LogP contribution in [0.15, 0.2) is 243 Å². The molecule has 0 aliphatic carbocycles. The summed E-state index contributed by atoms with van der Waals surface area (Å²) < 4.78 is 7.26. The molecule has 0 unspecified atom stereocenters. The molecule has 0 amide bonds. The summed E-state index contributed by atoms with van der Waals surface area (Å²) in [5.74, 6) is 1.72. The van der Waals surface area contributed by atoms with E-state index in [1.165, 1.54) is 48.6 Å². The van der Waals surface area contributed by atoms with Gasteiger partial charge in [-0.15, -0.1) is 0 Å². The van der Waals surface area contributed by atoms with Gasteiger partial charge >= 0.3 is 0 Å². The summed E-state index contributed by atoms with van der Waals surface area (Å²) in [6, 6.07) is 86.9. The first kappa shape index (κ1) is 39.4. The van der Waals surface area contributed by atoms with Crippen molar-refractivity contribution in [2.24, 2.45) is 0 Å². The van der Waals surface area contributed by atoms with Crippen molar-refractivity contribution in [1.82, 2.24) is 28.7 Å². The molecule has 0 aliphatic rings. The molecule has 330 valence electrons. The first-order valence-corrected chi connectivity index (χ1v) is 24.1. The molecule has 15 aromatic rings. The summed E-state index contributed by atoms with van der Waals surface area (Å²) in [5, 5.41) is 11.8. The molecule has 6 nitrogen and oxygen atoms in total. The van der Waals surface area contributed by atoms with Crippen LogP contribution < -0.4 is 0 Å². The highest BCUT2D eigenvalue weighted by Crippen LogP contribution is 2.45. The monoisotopic (exact) mass is 904 g/mol. The first-order valence-electron chi connectivity index (χ1n) is 24.1. The average Bonchev–Trinajstić information content (AvgIpc) is 4.11. The molecule has 0 radical (unpaired) electrons. The number of rotatable bonds is 6. The Hall–Kier alpha value is -9.65. The van der Waals surface area contributed by atoms with Crippen LogP contribution in [0.25, 0.3) is 138 Å². The van der Waals surface area contributed by atoms with Gasteiger partial charge in [0, 0.05) is 54.2 Å². The number of para-hydroxylation sites is 3. The quantitative estimate of drug-likeness (QED) is 0.167. The van der Waals surface area contributed by atoms with E-state index in [-0.39, 0.29) is 0 Å². The first-order chi connectivity index (χ1) is 35.2. The van der Waals surface area contributed by atoms with Crippen molar-refractivity contribution in [3.8, 4) is 51.2 Å². The third-order valence-corrected chi connectivity index (χ3v) is 14.5. The molecule has 4 heterocycles. The molecule has 0 saturated carbocycles. The Morgan fingerprint density at radius 2 is 0.676 bits per heavy atom. The minimum absolute atomic E-state index is 0.531. The van der Waals surface area contributed by atoms with Crippen LogP contribution in [0.5, 0.6) is 0 Å². The van der Waals surface area contributed by atoms with E-state index in [0.29, 0.717) is 17.6 Å². The topological polar surface area (TPSA) is 53.5 Å². The second kappa shape index (κ2) is 15.4. The van der Waals surface area contributed by atoms with E-state index in [1.54, 1.807) is 0 Å². The standard InChI is InChI=1S/C65H40N6/c1-3-17-41(18-4-1)42-33-35-46(36-34-42)64-66-63(45-21-5-2-6-22-45)67-65(68-64)71-57-31-16-30-56(69-54-28-13-11-25-49(54)51-39-37-43-19-7-9-23-47(43)60(51)69)59(57)53-27-15-32-58(62(53)71)70-55-29-14-12-26-50(55)52-40-38-44-20-8-10-24-48(44)61(52)70/h1-40H. The van der Waals surface area contributed by atoms with Crippen LogP contribution in [0.1, 0.15) is 0 Å². The molecule has 11 aromatic carbocycles. The lowest BCUT2D eigenvalue weighted by atomic mass is 10.0. The highest BCUT2D eigenvalue weighted by molar-refractivity contribution is 6.23. The van der Waals surface area contributed by atoms with Crippen molar-refractivity contribution in [3.63, 3.8) is 0 Å². The van der Waals surface area contributed by atoms with E-state index in [4.69, 9.17) is 15.0 Å². The van der Waals surface area contributed by atoms with Gasteiger partial charge in [0.25, 0.3) is 0 Å². The van der Waals surface area contributed by atoms with Gasteiger partial charge < -0.3 is 9.13 Å². The van der Waals surface area contributed by atoms with Gasteiger partial charge in [0.2, 0.25) is 5.95 Å². The fourth-order valence-corrected chi connectivity index (χ4v) is 11.4. The third-order valence-electron chi connectivity index (χ3n) is 14.5. The summed E-state index contributed by atoms with van der Waals surface area (Å²) in [5.41, 5.74) is 12.8. The van der Waals surface area contributed by atoms with Crippen molar-refractivity contribution in [2.75, 3.05) is 0 Å². The van der Waals surface area contributed by atoms with Crippen molar-refractivity contribution in [3.05, 3.63) is 243 Å². The summed E-state index contributed by atoms with van der Waals surface area (Å²) in [4.78, 5) is 16.3. The fraction of sp³-hybridized carbons (Fsp3) is 0. The van der Waals surface area contributed by atoms with Gasteiger partial charge in [0.15, 0.2) is 11.6 Å². The predicted molar refractivity (Wildman–Crippen MR) is 294 cm³/mol. The third kappa shape index (κ3) is 5.92. The van der Waals surface area contributed by atoms with Gasteiger partial charge in [0.1, 0.15) is 0 Å². The summed E-state index contributed by atoms with van der Waals surface area (Å²) >= 11 is 0. The van der Waals surface area contributed by atoms with Crippen LogP contribution in [0, 0.1) is 0 Å². The Labute approximate surface area is 407 Å². The second-order valence-electron chi connectivity index (χ2n) is 18.3. The van der Waals surface area contributed by atoms with E-state index in [2.05, 4.69) is 232 Å². The Morgan fingerprint density at radius 1 is 0.239 bits per heavy atom. The highest BCUT2D eigenvalue weighted by Gasteiger charge is 2.26. The van der Waals surface area contributed by atoms with Gasteiger partial charge in [0.05, 0.1) is 44.5 Å². The van der Waals surface area contributed by atoms with E-state index in [0.717, 1.165) is 72.0 Å². The van der Waals surface area contributed by atoms with Gasteiger partial charge in [-0.05, 0) is 52.2 Å². The molecule has 4 aromatic heterocycles. The molecule has 0 saturated heterocycles. The van der Waals surface area contributed by atoms with E-state index in [9.17, 15) is 0 Å². The number of benzene rings is 11. The summed E-state index contributed by atoms with van der Waals surface area (Å²) in [7, 11) is 0. The van der Waals surface area contributed by atoms with Crippen molar-refractivity contribution in [1.29, 1.82) is 0 Å². The molecule has 0 N–H and O–H groups in total. The van der Waals surface area contributed by atoms with Gasteiger partial charge in [-0.25, -0.2) is 4.98 Å². The van der Waals surface area contributed by atoms with E-state index in [1.807, 2.05) is 24.3 Å². The average molecular weight is 905 g/mol. The van der Waals surface area contributed by atoms with Crippen LogP contribution in [-0.4, -0.2) is 28.7 Å². The molecule has 6 heteroatoms. The van der Waals surface area contributed by atoms with Crippen LogP contribution in [0.4, 0.5) is 0 Å². The maximum atomic E-state index is 5.53. The number of hydrogen-bond acceptors (Lipinski definition) is 3. The molecule has 0 atom stereocenters. The molecule has 15 rings (SSSR count). The zero-order valence-electron chi connectivity index (χ0n) is 38.3. The molecular formula is C65H40N6. The highest BCUT2D eigenvalue weighted by atomic mass is 15.2. The lowest BCUT2D eigenvalue weighted by Gasteiger charge is -2.15. The Morgan fingerprint density at radius 3 is 1.30 bits per heavy atom. The van der Waals surface area contributed by atoms with Crippen molar-refractivity contribution in [2.45, 2.75) is 0 Å². The minimum atomic E-state index is 0.531. The van der Waals surface area contributed by atoms with E-state index < -0.39 is 0 Å². The Balaban J connectivity index is 1.11. The van der Waals surface area contributed by atoms with Crippen LogP contribution in [0.3, 0.4) is 0 Å². The smallest absolute Gasteiger partial charge is 0.238 e. The zero-order chi connectivity index (χ0) is 46.6. The minimum Gasteiger partial charge on any atom is -0.308 e. The predicted octanol–water partition coefficient (Wildman–Crippen LogP) is 16.5. The van der Waals surface area contributed by atoms with Gasteiger partial charge in [-0.2, -0.15) is 9.97 Å². The van der Waals surface area contributed by atoms with Gasteiger partial charge in [-0.3, -0.25) is 4.57 Å². The Bertz CT molecular complexity index is 4620. The fourth-order valence-electron chi connectivity index (χ4n) is 11.4. The van der Waals surface area contributed by atoms with Crippen molar-refractivity contribution >= 4 is 87.0 Å². The second-order valence-corrected chi connectivity index (χ2v) is 18.3. The summed E-state index contributed by atoms with van der Waals surface area (Å²) in [6.07, 6.45) is 0. The normalized spacial score (nSPS) is 11.9. The maximum absolute atomic E-state index is 5.53. The maximum Gasteiger partial charge on any atom is 0.238 e. The molecular weight excluding hydrogens is 865 g/mol. The SMILES string of the molecule is c1ccc(-c2ccc(-c3nc(-c4ccccc4)nc(-n4c5cccc(-n6c7ccccc7c7ccc8ccccc8c76)c5c5cccc(-n6c7ccccc7c7ccc8ccccc8c76)c54)n3)cc2)cc1. The Kier molecular flexibility index (Phi) is 8.56. The van der Waals surface area contributed by atoms with Gasteiger partial charge in [-0.1, -0.05) is 212 Å². The molecule has 71 heavy (non-hydrogen) atoms. The van der Waals surface area contributed by atoms with Crippen LogP contribution in [-0.2, 0) is 0 Å². The number of hydrogen-bond donors (Lipinski definition) is 0. The molecule has 0 fully saturated rings.